The molecule has 1 aromatic carbocycles. The molecule has 2 amide bonds. The van der Waals surface area contributed by atoms with E-state index in [1.54, 1.807) is 13.0 Å². The summed E-state index contributed by atoms with van der Waals surface area (Å²) < 4.78 is 7.75. The van der Waals surface area contributed by atoms with Crippen LogP contribution in [0.25, 0.3) is 10.2 Å². The molecule has 0 saturated carbocycles. The number of hydrogen-bond acceptors (Lipinski definition) is 9. The molecule has 3 aromatic rings. The highest BCUT2D eigenvalue weighted by Gasteiger charge is 2.29. The molecule has 2 aromatic heterocycles. The second-order valence-electron chi connectivity index (χ2n) is 8.86. The van der Waals surface area contributed by atoms with Crippen molar-refractivity contribution >= 4 is 73.1 Å². The van der Waals surface area contributed by atoms with Gasteiger partial charge in [-0.15, -0.1) is 23.1 Å². The number of carbonyl (C=O) groups excluding carboxylic acids is 3. The van der Waals surface area contributed by atoms with Crippen molar-refractivity contribution in [1.82, 2.24) is 4.57 Å². The van der Waals surface area contributed by atoms with Crippen molar-refractivity contribution in [2.45, 2.75) is 46.6 Å². The maximum atomic E-state index is 12.7. The van der Waals surface area contributed by atoms with Gasteiger partial charge in [0, 0.05) is 23.6 Å². The predicted octanol–water partition coefficient (Wildman–Crippen LogP) is 4.79. The number of aromatic nitrogens is 1. The van der Waals surface area contributed by atoms with Gasteiger partial charge in [0.1, 0.15) is 5.00 Å². The van der Waals surface area contributed by atoms with E-state index in [0.717, 1.165) is 47.0 Å². The lowest BCUT2D eigenvalue weighted by Crippen LogP contribution is -2.19. The summed E-state index contributed by atoms with van der Waals surface area (Å²) in [6.45, 7) is 6.63. The van der Waals surface area contributed by atoms with E-state index in [2.05, 4.69) is 17.2 Å². The maximum Gasteiger partial charge on any atom is 0.341 e. The molecule has 1 unspecified atom stereocenters. The van der Waals surface area contributed by atoms with Crippen LogP contribution in [0.1, 0.15) is 48.0 Å². The van der Waals surface area contributed by atoms with Crippen molar-refractivity contribution < 1.29 is 24.0 Å². The first-order chi connectivity index (χ1) is 18.2. The van der Waals surface area contributed by atoms with Gasteiger partial charge in [-0.25, -0.2) is 4.79 Å². The number of amides is 2. The van der Waals surface area contributed by atoms with Gasteiger partial charge < -0.3 is 14.6 Å². The Morgan fingerprint density at radius 1 is 1.26 bits per heavy atom. The van der Waals surface area contributed by atoms with Crippen LogP contribution in [0.5, 0.6) is 0 Å². The molecule has 0 bridgehead atoms. The van der Waals surface area contributed by atoms with Crippen molar-refractivity contribution in [3.8, 4) is 0 Å². The Balaban J connectivity index is 1.42. The van der Waals surface area contributed by atoms with Crippen LogP contribution in [-0.2, 0) is 33.7 Å². The topological polar surface area (TPSA) is 133 Å². The van der Waals surface area contributed by atoms with Gasteiger partial charge in [-0.2, -0.15) is 4.99 Å². The number of ether oxygens (including phenoxy) is 1. The standard InChI is InChI=1S/C25H28N4O6S3/c1-4-28-17-9-7-15(29(33)34)11-19(17)38-25(28)27-21(31)13-36-12-20(30)26-23-22(24(32)35-5-2)16-8-6-14(3)10-18(16)37-23/h7,9,11,14H,4-6,8,10,12-13H2,1-3H3,(H,26,30). The van der Waals surface area contributed by atoms with Gasteiger partial charge in [0.05, 0.1) is 38.8 Å². The van der Waals surface area contributed by atoms with Crippen LogP contribution < -0.4 is 10.1 Å². The number of anilines is 1. The van der Waals surface area contributed by atoms with Crippen LogP contribution in [0, 0.1) is 16.0 Å². The summed E-state index contributed by atoms with van der Waals surface area (Å²) in [6, 6.07) is 4.56. The van der Waals surface area contributed by atoms with Gasteiger partial charge >= 0.3 is 5.97 Å². The van der Waals surface area contributed by atoms with Crippen LogP contribution in [0.15, 0.2) is 23.2 Å². The van der Waals surface area contributed by atoms with Crippen molar-refractivity contribution in [2.75, 3.05) is 23.4 Å². The number of carbonyl (C=O) groups is 3. The molecule has 0 fully saturated rings. The minimum atomic E-state index is -0.458. The molecule has 0 saturated heterocycles. The quantitative estimate of drug-likeness (QED) is 0.220. The second-order valence-corrected chi connectivity index (χ2v) is 12.0. The fraction of sp³-hybridized carbons (Fsp3) is 0.440. The zero-order valence-corrected chi connectivity index (χ0v) is 23.7. The highest BCUT2D eigenvalue weighted by Crippen LogP contribution is 2.40. The Morgan fingerprint density at radius 3 is 2.76 bits per heavy atom. The Kier molecular flexibility index (Phi) is 9.00. The molecule has 202 valence electrons. The molecule has 1 aliphatic carbocycles. The number of nitro groups is 1. The highest BCUT2D eigenvalue weighted by atomic mass is 32.2. The van der Waals surface area contributed by atoms with Crippen molar-refractivity contribution in [3.05, 3.63) is 49.1 Å². The van der Waals surface area contributed by atoms with E-state index in [-0.39, 0.29) is 29.7 Å². The van der Waals surface area contributed by atoms with E-state index in [0.29, 0.717) is 32.5 Å². The molecule has 13 heteroatoms. The third-order valence-electron chi connectivity index (χ3n) is 6.12. The number of benzene rings is 1. The van der Waals surface area contributed by atoms with Gasteiger partial charge in [0.15, 0.2) is 4.80 Å². The lowest BCUT2D eigenvalue weighted by Gasteiger charge is -2.18. The number of thioether (sulfide) groups is 1. The van der Waals surface area contributed by atoms with Crippen LogP contribution in [0.3, 0.4) is 0 Å². The normalized spacial score (nSPS) is 15.3. The Labute approximate surface area is 231 Å². The zero-order chi connectivity index (χ0) is 27.4. The number of thiophene rings is 1. The minimum absolute atomic E-state index is 0.00524. The molecule has 4 rings (SSSR count). The van der Waals surface area contributed by atoms with E-state index in [9.17, 15) is 24.5 Å². The van der Waals surface area contributed by atoms with E-state index in [1.807, 2.05) is 11.5 Å². The van der Waals surface area contributed by atoms with E-state index < -0.39 is 16.8 Å². The first-order valence-electron chi connectivity index (χ1n) is 12.3. The van der Waals surface area contributed by atoms with Crippen LogP contribution in [0.2, 0.25) is 0 Å². The largest absolute Gasteiger partial charge is 0.462 e. The molecule has 2 heterocycles. The number of fused-ring (bicyclic) bond motifs is 2. The van der Waals surface area contributed by atoms with Gasteiger partial charge in [-0.3, -0.25) is 19.7 Å². The van der Waals surface area contributed by atoms with Crippen LogP contribution >= 0.6 is 34.4 Å². The minimum Gasteiger partial charge on any atom is -0.462 e. The number of esters is 1. The number of thiazole rings is 1. The van der Waals surface area contributed by atoms with Gasteiger partial charge in [-0.05, 0) is 50.7 Å². The molecule has 1 atom stereocenters. The number of hydrogen-bond donors (Lipinski definition) is 1. The molecule has 0 spiro atoms. The average molecular weight is 577 g/mol. The van der Waals surface area contributed by atoms with Crippen LogP contribution in [0.4, 0.5) is 10.7 Å². The van der Waals surface area contributed by atoms with Gasteiger partial charge in [-0.1, -0.05) is 18.3 Å². The molecule has 1 N–H and O–H groups in total. The van der Waals surface area contributed by atoms with Crippen LogP contribution in [-0.4, -0.2) is 45.4 Å². The fourth-order valence-corrected chi connectivity index (χ4v) is 7.52. The second kappa shape index (κ2) is 12.2. The molecule has 0 radical (unpaired) electrons. The first kappa shape index (κ1) is 28.0. The summed E-state index contributed by atoms with van der Waals surface area (Å²) in [6.07, 6.45) is 2.64. The highest BCUT2D eigenvalue weighted by molar-refractivity contribution is 8.00. The number of nitrogens with zero attached hydrogens (tertiary/aromatic N) is 3. The molecule has 0 aliphatic heterocycles. The Morgan fingerprint density at radius 2 is 2.05 bits per heavy atom. The zero-order valence-electron chi connectivity index (χ0n) is 21.3. The monoisotopic (exact) mass is 576 g/mol. The van der Waals surface area contributed by atoms with Crippen molar-refractivity contribution in [3.63, 3.8) is 0 Å². The average Bonchev–Trinajstić information content (AvgIpc) is 3.39. The predicted molar refractivity (Wildman–Crippen MR) is 150 cm³/mol. The van der Waals surface area contributed by atoms with Crippen molar-refractivity contribution in [2.24, 2.45) is 10.9 Å². The summed E-state index contributed by atoms with van der Waals surface area (Å²) >= 11 is 3.77. The SMILES string of the molecule is CCOC(=O)c1c(NC(=O)CSCC(=O)N=c2sc3cc([N+](=O)[O-])ccc3n2CC)sc2c1CCC(C)C2. The Bertz CT molecular complexity index is 1470. The molecular formula is C25H28N4O6S3. The fourth-order valence-electron chi connectivity index (χ4n) is 4.36. The smallest absolute Gasteiger partial charge is 0.341 e. The molecule has 1 aliphatic rings. The van der Waals surface area contributed by atoms with Gasteiger partial charge in [0.25, 0.3) is 11.6 Å². The lowest BCUT2D eigenvalue weighted by molar-refractivity contribution is -0.384. The van der Waals surface area contributed by atoms with E-state index in [4.69, 9.17) is 4.74 Å². The number of nitrogens with one attached hydrogen (secondary N) is 1. The third-order valence-corrected chi connectivity index (χ3v) is 9.24. The number of non-ortho nitro benzene ring substituents is 1. The number of aryl methyl sites for hydroxylation is 1. The summed E-state index contributed by atoms with van der Waals surface area (Å²) in [5.41, 5.74) is 2.18. The van der Waals surface area contributed by atoms with E-state index in [1.165, 1.54) is 34.8 Å². The molecular weight excluding hydrogens is 548 g/mol. The first-order valence-corrected chi connectivity index (χ1v) is 15.0. The number of rotatable bonds is 9. The van der Waals surface area contributed by atoms with Gasteiger partial charge in [0.2, 0.25) is 5.91 Å². The summed E-state index contributed by atoms with van der Waals surface area (Å²) in [4.78, 5) is 54.3. The molecule has 10 nitrogen and oxygen atoms in total. The molecule has 38 heavy (non-hydrogen) atoms. The lowest BCUT2D eigenvalue weighted by atomic mass is 9.88. The summed E-state index contributed by atoms with van der Waals surface area (Å²) in [7, 11) is 0. The summed E-state index contributed by atoms with van der Waals surface area (Å²) in [5, 5.41) is 14.4. The third kappa shape index (κ3) is 6.16. The van der Waals surface area contributed by atoms with E-state index >= 15 is 0 Å². The Hall–Kier alpha value is -3.03. The number of nitro benzene ring substituents is 1. The van der Waals surface area contributed by atoms with Crippen molar-refractivity contribution in [1.29, 1.82) is 0 Å². The summed E-state index contributed by atoms with van der Waals surface area (Å²) in [5.74, 6) is -0.595. The maximum absolute atomic E-state index is 12.7.